The zero-order chi connectivity index (χ0) is 18.8. The van der Waals surface area contributed by atoms with Crippen LogP contribution in [-0.2, 0) is 22.5 Å². The number of esters is 1. The van der Waals surface area contributed by atoms with Crippen molar-refractivity contribution in [2.75, 3.05) is 6.61 Å². The lowest BCUT2D eigenvalue weighted by Crippen LogP contribution is -2.38. The fourth-order valence-electron chi connectivity index (χ4n) is 2.89. The van der Waals surface area contributed by atoms with Crippen molar-refractivity contribution in [3.05, 3.63) is 39.9 Å². The molecular weight excluding hydrogens is 334 g/mol. The van der Waals surface area contributed by atoms with E-state index < -0.39 is 5.97 Å². The van der Waals surface area contributed by atoms with Crippen molar-refractivity contribution in [3.63, 3.8) is 0 Å². The minimum absolute atomic E-state index is 0.00106. The van der Waals surface area contributed by atoms with Gasteiger partial charge in [-0.3, -0.25) is 14.2 Å². The SMILES string of the molecule is CC(C)[C@H](C)NC(=O)COC(=O)c1ccc2c(=O)n3c(nc2c1)CCC3. The number of carbonyl (C=O) groups is 2. The molecular formula is C19H23N3O4. The molecule has 7 heteroatoms. The minimum Gasteiger partial charge on any atom is -0.452 e. The maximum atomic E-state index is 12.4. The Labute approximate surface area is 151 Å². The lowest BCUT2D eigenvalue weighted by atomic mass is 10.1. The number of hydrogen-bond donors (Lipinski definition) is 1. The Balaban J connectivity index is 1.72. The van der Waals surface area contributed by atoms with Crippen LogP contribution in [0, 0.1) is 5.92 Å². The molecule has 26 heavy (non-hydrogen) atoms. The second-order valence-electron chi connectivity index (χ2n) is 7.00. The average molecular weight is 357 g/mol. The molecule has 0 radical (unpaired) electrons. The van der Waals surface area contributed by atoms with Crippen molar-refractivity contribution in [2.45, 2.75) is 46.2 Å². The number of hydrogen-bond acceptors (Lipinski definition) is 5. The van der Waals surface area contributed by atoms with Crippen molar-refractivity contribution in [2.24, 2.45) is 5.92 Å². The van der Waals surface area contributed by atoms with Gasteiger partial charge in [-0.2, -0.15) is 0 Å². The third-order valence-electron chi connectivity index (χ3n) is 4.78. The van der Waals surface area contributed by atoms with E-state index in [1.807, 2.05) is 20.8 Å². The summed E-state index contributed by atoms with van der Waals surface area (Å²) in [6, 6.07) is 4.67. The third kappa shape index (κ3) is 3.61. The number of aryl methyl sites for hydroxylation is 1. The predicted octanol–water partition coefficient (Wildman–Crippen LogP) is 1.66. The lowest BCUT2D eigenvalue weighted by molar-refractivity contribution is -0.125. The number of amides is 1. The van der Waals surface area contributed by atoms with Gasteiger partial charge in [0.05, 0.1) is 16.5 Å². The fourth-order valence-corrected chi connectivity index (χ4v) is 2.89. The Kier molecular flexibility index (Phi) is 5.06. The molecule has 1 aliphatic heterocycles. The molecule has 138 valence electrons. The molecule has 0 bridgehead atoms. The first-order valence-corrected chi connectivity index (χ1v) is 8.87. The Bertz CT molecular complexity index is 917. The topological polar surface area (TPSA) is 90.3 Å². The molecule has 2 aromatic rings. The summed E-state index contributed by atoms with van der Waals surface area (Å²) in [4.78, 5) is 41.0. The van der Waals surface area contributed by atoms with Crippen molar-refractivity contribution in [1.29, 1.82) is 0 Å². The fraction of sp³-hybridized carbons (Fsp3) is 0.474. The predicted molar refractivity (Wildman–Crippen MR) is 97.0 cm³/mol. The Morgan fingerprint density at radius 3 is 2.81 bits per heavy atom. The van der Waals surface area contributed by atoms with Gasteiger partial charge in [0.25, 0.3) is 11.5 Å². The highest BCUT2D eigenvalue weighted by Crippen LogP contribution is 2.16. The molecule has 7 nitrogen and oxygen atoms in total. The minimum atomic E-state index is -0.610. The molecule has 0 saturated heterocycles. The van der Waals surface area contributed by atoms with Gasteiger partial charge in [-0.1, -0.05) is 13.8 Å². The number of carbonyl (C=O) groups excluding carboxylic acids is 2. The Morgan fingerprint density at radius 1 is 1.31 bits per heavy atom. The Hall–Kier alpha value is -2.70. The average Bonchev–Trinajstić information content (AvgIpc) is 3.08. The molecule has 3 rings (SSSR count). The maximum Gasteiger partial charge on any atom is 0.338 e. The summed E-state index contributed by atoms with van der Waals surface area (Å²) in [5, 5.41) is 3.26. The summed E-state index contributed by atoms with van der Waals surface area (Å²) >= 11 is 0. The second kappa shape index (κ2) is 7.27. The van der Waals surface area contributed by atoms with Gasteiger partial charge in [0, 0.05) is 19.0 Å². The number of nitrogens with one attached hydrogen (secondary N) is 1. The van der Waals surface area contributed by atoms with Crippen molar-refractivity contribution < 1.29 is 14.3 Å². The van der Waals surface area contributed by atoms with E-state index in [0.29, 0.717) is 23.4 Å². The zero-order valence-electron chi connectivity index (χ0n) is 15.2. The highest BCUT2D eigenvalue weighted by molar-refractivity contribution is 5.95. The molecule has 0 spiro atoms. The molecule has 1 aromatic heterocycles. The molecule has 0 aliphatic carbocycles. The van der Waals surface area contributed by atoms with E-state index in [1.54, 1.807) is 16.7 Å². The van der Waals surface area contributed by atoms with Gasteiger partial charge in [0.2, 0.25) is 0 Å². The molecule has 1 amide bonds. The summed E-state index contributed by atoms with van der Waals surface area (Å²) in [6.45, 7) is 6.24. The molecule has 1 N–H and O–H groups in total. The van der Waals surface area contributed by atoms with Crippen LogP contribution >= 0.6 is 0 Å². The molecule has 1 atom stereocenters. The van der Waals surface area contributed by atoms with Crippen LogP contribution in [0.4, 0.5) is 0 Å². The highest BCUT2D eigenvalue weighted by Gasteiger charge is 2.18. The first-order chi connectivity index (χ1) is 12.4. The van der Waals surface area contributed by atoms with Crippen molar-refractivity contribution in [1.82, 2.24) is 14.9 Å². The largest absolute Gasteiger partial charge is 0.452 e. The summed E-state index contributed by atoms with van der Waals surface area (Å²) in [7, 11) is 0. The molecule has 2 heterocycles. The number of ether oxygens (including phenoxy) is 1. The van der Waals surface area contributed by atoms with Gasteiger partial charge in [-0.15, -0.1) is 0 Å². The number of fused-ring (bicyclic) bond motifs is 2. The first kappa shape index (κ1) is 18.1. The summed E-state index contributed by atoms with van der Waals surface area (Å²) in [5.41, 5.74) is 0.678. The van der Waals surface area contributed by atoms with Crippen LogP contribution in [0.15, 0.2) is 23.0 Å². The van der Waals surface area contributed by atoms with Crippen LogP contribution in [0.1, 0.15) is 43.4 Å². The van der Waals surface area contributed by atoms with Crippen LogP contribution in [0.3, 0.4) is 0 Å². The molecule has 1 aromatic carbocycles. The van der Waals surface area contributed by atoms with E-state index in [4.69, 9.17) is 4.74 Å². The third-order valence-corrected chi connectivity index (χ3v) is 4.78. The number of rotatable bonds is 5. The molecule has 0 unspecified atom stereocenters. The molecule has 0 saturated carbocycles. The normalized spacial score (nSPS) is 14.3. The number of nitrogens with zero attached hydrogens (tertiary/aromatic N) is 2. The van der Waals surface area contributed by atoms with E-state index in [0.717, 1.165) is 18.7 Å². The standard InChI is InChI=1S/C19H23N3O4/c1-11(2)12(3)20-17(23)10-26-19(25)13-6-7-14-15(9-13)21-16-5-4-8-22(16)18(14)24/h6-7,9,11-12H,4-5,8,10H2,1-3H3,(H,20,23)/t12-/m0/s1. The van der Waals surface area contributed by atoms with E-state index >= 15 is 0 Å². The van der Waals surface area contributed by atoms with Gasteiger partial charge in [0.1, 0.15) is 5.82 Å². The Morgan fingerprint density at radius 2 is 2.08 bits per heavy atom. The van der Waals surface area contributed by atoms with E-state index in [9.17, 15) is 14.4 Å². The van der Waals surface area contributed by atoms with Crippen LogP contribution in [0.2, 0.25) is 0 Å². The van der Waals surface area contributed by atoms with Crippen molar-refractivity contribution in [3.8, 4) is 0 Å². The van der Waals surface area contributed by atoms with Crippen LogP contribution in [-0.4, -0.2) is 34.1 Å². The number of aromatic nitrogens is 2. The van der Waals surface area contributed by atoms with Gasteiger partial charge in [-0.05, 0) is 37.5 Å². The first-order valence-electron chi connectivity index (χ1n) is 8.87. The smallest absolute Gasteiger partial charge is 0.338 e. The van der Waals surface area contributed by atoms with Crippen LogP contribution < -0.4 is 10.9 Å². The van der Waals surface area contributed by atoms with E-state index in [1.165, 1.54) is 6.07 Å². The van der Waals surface area contributed by atoms with Crippen LogP contribution in [0.5, 0.6) is 0 Å². The highest BCUT2D eigenvalue weighted by atomic mass is 16.5. The monoisotopic (exact) mass is 357 g/mol. The summed E-state index contributed by atoms with van der Waals surface area (Å²) in [6.07, 6.45) is 1.66. The van der Waals surface area contributed by atoms with Crippen LogP contribution in [0.25, 0.3) is 10.9 Å². The quantitative estimate of drug-likeness (QED) is 0.822. The van der Waals surface area contributed by atoms with Gasteiger partial charge >= 0.3 is 5.97 Å². The van der Waals surface area contributed by atoms with E-state index in [-0.39, 0.29) is 29.7 Å². The van der Waals surface area contributed by atoms with Gasteiger partial charge in [0.15, 0.2) is 6.61 Å². The molecule has 0 fully saturated rings. The number of benzene rings is 1. The van der Waals surface area contributed by atoms with E-state index in [2.05, 4.69) is 10.3 Å². The summed E-state index contributed by atoms with van der Waals surface area (Å²) in [5.74, 6) is 0.0911. The lowest BCUT2D eigenvalue weighted by Gasteiger charge is -2.17. The summed E-state index contributed by atoms with van der Waals surface area (Å²) < 4.78 is 6.76. The molecule has 1 aliphatic rings. The van der Waals surface area contributed by atoms with Crippen molar-refractivity contribution >= 4 is 22.8 Å². The maximum absolute atomic E-state index is 12.4. The zero-order valence-corrected chi connectivity index (χ0v) is 15.2. The van der Waals surface area contributed by atoms with Gasteiger partial charge in [-0.25, -0.2) is 9.78 Å². The second-order valence-corrected chi connectivity index (χ2v) is 7.00. The van der Waals surface area contributed by atoms with Gasteiger partial charge < -0.3 is 10.1 Å².